The molecule has 0 fully saturated rings. The van der Waals surface area contributed by atoms with Crippen molar-refractivity contribution in [2.24, 2.45) is 0 Å². The van der Waals surface area contributed by atoms with Crippen LogP contribution in [0.25, 0.3) is 11.0 Å². The lowest BCUT2D eigenvalue weighted by atomic mass is 10.2. The van der Waals surface area contributed by atoms with E-state index in [1.54, 1.807) is 12.1 Å². The van der Waals surface area contributed by atoms with E-state index in [0.29, 0.717) is 10.6 Å². The van der Waals surface area contributed by atoms with Crippen LogP contribution in [-0.2, 0) is 0 Å². The SMILES string of the molecule is Cc1ccc2oc(C(=O)Nc3ccc(C(=O)O)s3)cc2c1. The van der Waals surface area contributed by atoms with Crippen molar-refractivity contribution in [3.8, 4) is 0 Å². The monoisotopic (exact) mass is 301 g/mol. The lowest BCUT2D eigenvalue weighted by Gasteiger charge is -1.97. The number of aromatic carboxylic acids is 1. The standard InChI is InChI=1S/C15H11NO4S/c1-8-2-3-10-9(6-8)7-11(20-10)14(17)16-13-5-4-12(21-13)15(18)19/h2-7H,1H3,(H,16,17)(H,18,19). The Kier molecular flexibility index (Phi) is 3.23. The fourth-order valence-electron chi connectivity index (χ4n) is 1.97. The summed E-state index contributed by atoms with van der Waals surface area (Å²) in [5.41, 5.74) is 1.72. The summed E-state index contributed by atoms with van der Waals surface area (Å²) in [5.74, 6) is -1.22. The fourth-order valence-corrected chi connectivity index (χ4v) is 2.71. The number of rotatable bonds is 3. The first-order valence-electron chi connectivity index (χ1n) is 6.17. The van der Waals surface area contributed by atoms with Crippen LogP contribution >= 0.6 is 11.3 Å². The van der Waals surface area contributed by atoms with Crippen LogP contribution in [0.1, 0.15) is 25.8 Å². The number of amides is 1. The van der Waals surface area contributed by atoms with E-state index in [1.807, 2.05) is 25.1 Å². The molecule has 0 aliphatic carbocycles. The zero-order valence-corrected chi connectivity index (χ0v) is 11.9. The summed E-state index contributed by atoms with van der Waals surface area (Å²) in [4.78, 5) is 23.1. The van der Waals surface area contributed by atoms with Gasteiger partial charge in [-0.25, -0.2) is 4.79 Å². The zero-order valence-electron chi connectivity index (χ0n) is 11.0. The van der Waals surface area contributed by atoms with E-state index in [1.165, 1.54) is 6.07 Å². The van der Waals surface area contributed by atoms with Gasteiger partial charge in [0.05, 0.1) is 5.00 Å². The maximum atomic E-state index is 12.1. The number of carbonyl (C=O) groups is 2. The third-order valence-corrected chi connectivity index (χ3v) is 3.94. The van der Waals surface area contributed by atoms with Crippen molar-refractivity contribution < 1.29 is 19.1 Å². The van der Waals surface area contributed by atoms with E-state index in [9.17, 15) is 9.59 Å². The summed E-state index contributed by atoms with van der Waals surface area (Å²) in [7, 11) is 0. The predicted molar refractivity (Wildman–Crippen MR) is 80.2 cm³/mol. The highest BCUT2D eigenvalue weighted by Crippen LogP contribution is 2.24. The van der Waals surface area contributed by atoms with Gasteiger partial charge < -0.3 is 14.8 Å². The average molecular weight is 301 g/mol. The van der Waals surface area contributed by atoms with Crippen LogP contribution < -0.4 is 5.32 Å². The van der Waals surface area contributed by atoms with Crippen molar-refractivity contribution in [3.63, 3.8) is 0 Å². The molecule has 1 aromatic carbocycles. The normalized spacial score (nSPS) is 10.7. The highest BCUT2D eigenvalue weighted by Gasteiger charge is 2.14. The van der Waals surface area contributed by atoms with Gasteiger partial charge in [0.1, 0.15) is 10.5 Å². The molecule has 0 aliphatic rings. The summed E-state index contributed by atoms with van der Waals surface area (Å²) in [6, 6.07) is 10.3. The lowest BCUT2D eigenvalue weighted by molar-refractivity contribution is 0.0702. The van der Waals surface area contributed by atoms with Crippen LogP contribution in [0.5, 0.6) is 0 Å². The maximum Gasteiger partial charge on any atom is 0.345 e. The quantitative estimate of drug-likeness (QED) is 0.772. The Labute approximate surface area is 123 Å². The van der Waals surface area contributed by atoms with Crippen molar-refractivity contribution in [2.45, 2.75) is 6.92 Å². The van der Waals surface area contributed by atoms with Gasteiger partial charge in [-0.1, -0.05) is 11.6 Å². The largest absolute Gasteiger partial charge is 0.477 e. The minimum absolute atomic E-state index is 0.172. The predicted octanol–water partition coefficient (Wildman–Crippen LogP) is 3.75. The fraction of sp³-hybridized carbons (Fsp3) is 0.0667. The van der Waals surface area contributed by atoms with Crippen LogP contribution in [0, 0.1) is 6.92 Å². The molecular formula is C15H11NO4S. The number of hydrogen-bond donors (Lipinski definition) is 2. The highest BCUT2D eigenvalue weighted by molar-refractivity contribution is 7.18. The molecule has 5 nitrogen and oxygen atoms in total. The third-order valence-electron chi connectivity index (χ3n) is 2.95. The molecule has 0 saturated carbocycles. The summed E-state index contributed by atoms with van der Waals surface area (Å²) in [5, 5.41) is 12.8. The first-order chi connectivity index (χ1) is 10.0. The second-order valence-corrected chi connectivity index (χ2v) is 5.66. The number of carboxylic acids is 1. The van der Waals surface area contributed by atoms with Crippen LogP contribution in [0.3, 0.4) is 0 Å². The molecule has 0 aliphatic heterocycles. The van der Waals surface area contributed by atoms with Gasteiger partial charge >= 0.3 is 5.97 Å². The topological polar surface area (TPSA) is 79.5 Å². The highest BCUT2D eigenvalue weighted by atomic mass is 32.1. The molecule has 2 aromatic heterocycles. The van der Waals surface area contributed by atoms with Crippen molar-refractivity contribution in [3.05, 3.63) is 52.6 Å². The molecule has 3 rings (SSSR count). The molecule has 3 aromatic rings. The van der Waals surface area contributed by atoms with Gasteiger partial charge in [0, 0.05) is 5.39 Å². The van der Waals surface area contributed by atoms with Crippen molar-refractivity contribution >= 4 is 39.2 Å². The summed E-state index contributed by atoms with van der Waals surface area (Å²) >= 11 is 1.00. The van der Waals surface area contributed by atoms with Gasteiger partial charge in [0.15, 0.2) is 5.76 Å². The second-order valence-electron chi connectivity index (χ2n) is 4.58. The molecular weight excluding hydrogens is 290 g/mol. The van der Waals surface area contributed by atoms with Gasteiger partial charge in [-0.15, -0.1) is 11.3 Å². The molecule has 2 N–H and O–H groups in total. The molecule has 0 saturated heterocycles. The van der Waals surface area contributed by atoms with E-state index in [-0.39, 0.29) is 10.6 Å². The molecule has 0 bridgehead atoms. The Morgan fingerprint density at radius 1 is 1.19 bits per heavy atom. The molecule has 2 heterocycles. The zero-order chi connectivity index (χ0) is 15.0. The number of carboxylic acid groups (broad SMARTS) is 1. The Morgan fingerprint density at radius 3 is 2.71 bits per heavy atom. The van der Waals surface area contributed by atoms with Crippen LogP contribution in [0.2, 0.25) is 0 Å². The number of benzene rings is 1. The Bertz CT molecular complexity index is 846. The van der Waals surface area contributed by atoms with Gasteiger partial charge in [-0.3, -0.25) is 4.79 Å². The molecule has 106 valence electrons. The Morgan fingerprint density at radius 2 is 2.00 bits per heavy atom. The molecule has 0 radical (unpaired) electrons. The van der Waals surface area contributed by atoms with E-state index < -0.39 is 11.9 Å². The molecule has 0 unspecified atom stereocenters. The van der Waals surface area contributed by atoms with Gasteiger partial charge in [-0.05, 0) is 37.3 Å². The maximum absolute atomic E-state index is 12.1. The van der Waals surface area contributed by atoms with Crippen molar-refractivity contribution in [1.29, 1.82) is 0 Å². The Balaban J connectivity index is 1.84. The summed E-state index contributed by atoms with van der Waals surface area (Å²) in [6.45, 7) is 1.96. The first kappa shape index (κ1) is 13.4. The second kappa shape index (κ2) is 5.06. The number of anilines is 1. The van der Waals surface area contributed by atoms with Gasteiger partial charge in [0.2, 0.25) is 0 Å². The molecule has 0 atom stereocenters. The third kappa shape index (κ3) is 2.66. The van der Waals surface area contributed by atoms with Crippen LogP contribution in [0.15, 0.2) is 40.8 Å². The van der Waals surface area contributed by atoms with E-state index in [4.69, 9.17) is 9.52 Å². The molecule has 21 heavy (non-hydrogen) atoms. The van der Waals surface area contributed by atoms with Crippen molar-refractivity contribution in [1.82, 2.24) is 0 Å². The smallest absolute Gasteiger partial charge is 0.345 e. The first-order valence-corrected chi connectivity index (χ1v) is 6.99. The summed E-state index contributed by atoms with van der Waals surface area (Å²) < 4.78 is 5.49. The number of aryl methyl sites for hydroxylation is 1. The number of fused-ring (bicyclic) bond motifs is 1. The van der Waals surface area contributed by atoms with E-state index in [2.05, 4.69) is 5.32 Å². The van der Waals surface area contributed by atoms with Crippen LogP contribution in [-0.4, -0.2) is 17.0 Å². The number of carbonyl (C=O) groups excluding carboxylic acids is 1. The van der Waals surface area contributed by atoms with Gasteiger partial charge in [-0.2, -0.15) is 0 Å². The lowest BCUT2D eigenvalue weighted by Crippen LogP contribution is -2.09. The minimum atomic E-state index is -1.01. The summed E-state index contributed by atoms with van der Waals surface area (Å²) in [6.07, 6.45) is 0. The van der Waals surface area contributed by atoms with E-state index >= 15 is 0 Å². The molecule has 0 spiro atoms. The number of nitrogens with one attached hydrogen (secondary N) is 1. The molecule has 6 heteroatoms. The van der Waals surface area contributed by atoms with Gasteiger partial charge in [0.25, 0.3) is 5.91 Å². The van der Waals surface area contributed by atoms with E-state index in [0.717, 1.165) is 22.3 Å². The average Bonchev–Trinajstić information content (AvgIpc) is 3.04. The number of thiophene rings is 1. The number of hydrogen-bond acceptors (Lipinski definition) is 4. The van der Waals surface area contributed by atoms with Crippen LogP contribution in [0.4, 0.5) is 5.00 Å². The number of furan rings is 1. The molecule has 1 amide bonds. The minimum Gasteiger partial charge on any atom is -0.477 e. The Hall–Kier alpha value is -2.60. The van der Waals surface area contributed by atoms with Crippen molar-refractivity contribution in [2.75, 3.05) is 5.32 Å².